The van der Waals surface area contributed by atoms with Gasteiger partial charge in [0.25, 0.3) is 17.7 Å². The molecule has 1 N–H and O–H groups in total. The highest BCUT2D eigenvalue weighted by Crippen LogP contribution is 2.30. The molecule has 0 fully saturated rings. The molecule has 0 atom stereocenters. The maximum Gasteiger partial charge on any atom is 0.266 e. The van der Waals surface area contributed by atoms with E-state index >= 15 is 0 Å². The number of imide groups is 1. The molecule has 31 heavy (non-hydrogen) atoms. The van der Waals surface area contributed by atoms with Crippen LogP contribution in [0.1, 0.15) is 43.6 Å². The molecule has 1 heterocycles. The number of ether oxygens (including phenoxy) is 1. The molecule has 1 aliphatic heterocycles. The predicted molar refractivity (Wildman–Crippen MR) is 118 cm³/mol. The van der Waals surface area contributed by atoms with E-state index in [1.165, 1.54) is 18.2 Å². The maximum atomic E-state index is 12.9. The first-order valence-electron chi connectivity index (χ1n) is 9.77. The number of nitrogens with one attached hydrogen (secondary N) is 1. The van der Waals surface area contributed by atoms with Crippen LogP contribution in [0.5, 0.6) is 5.75 Å². The number of hydrogen-bond donors (Lipinski definition) is 1. The van der Waals surface area contributed by atoms with Gasteiger partial charge in [0, 0.05) is 17.1 Å². The molecular weight excluding hydrogens is 416 g/mol. The van der Waals surface area contributed by atoms with Gasteiger partial charge in [0.15, 0.2) is 0 Å². The number of benzene rings is 3. The average molecular weight is 435 g/mol. The molecule has 6 nitrogen and oxygen atoms in total. The normalized spacial score (nSPS) is 12.6. The van der Waals surface area contributed by atoms with Crippen LogP contribution in [0.2, 0.25) is 5.02 Å². The minimum Gasteiger partial charge on any atom is -0.494 e. The number of amides is 3. The fraction of sp³-hybridized carbons (Fsp3) is 0.125. The van der Waals surface area contributed by atoms with Crippen LogP contribution in [0.4, 0.5) is 5.69 Å². The fourth-order valence-corrected chi connectivity index (χ4v) is 3.60. The van der Waals surface area contributed by atoms with E-state index in [0.29, 0.717) is 28.6 Å². The lowest BCUT2D eigenvalue weighted by Crippen LogP contribution is -2.29. The third-order valence-electron chi connectivity index (χ3n) is 4.95. The number of anilines is 1. The minimum atomic E-state index is -0.468. The standard InChI is InChI=1S/C24H19ClN2O4/c1-2-31-18-10-8-17(9-11-18)27-23(29)19-12-7-15(13-20(19)24(27)30)22(28)26-14-16-5-3-4-6-21(16)25/h3-13H,2,14H2,1H3,(H,26,28). The molecule has 156 valence electrons. The number of carbonyl (C=O) groups is 3. The summed E-state index contributed by atoms with van der Waals surface area (Å²) in [6.07, 6.45) is 0. The molecule has 0 radical (unpaired) electrons. The van der Waals surface area contributed by atoms with Crippen LogP contribution < -0.4 is 15.0 Å². The zero-order valence-electron chi connectivity index (χ0n) is 16.7. The van der Waals surface area contributed by atoms with E-state index in [1.54, 1.807) is 30.3 Å². The summed E-state index contributed by atoms with van der Waals surface area (Å²) < 4.78 is 5.40. The van der Waals surface area contributed by atoms with Crippen LogP contribution in [-0.2, 0) is 6.54 Å². The zero-order chi connectivity index (χ0) is 22.0. The monoisotopic (exact) mass is 434 g/mol. The van der Waals surface area contributed by atoms with E-state index in [-0.39, 0.29) is 23.6 Å². The van der Waals surface area contributed by atoms with E-state index < -0.39 is 11.8 Å². The van der Waals surface area contributed by atoms with Crippen molar-refractivity contribution < 1.29 is 19.1 Å². The average Bonchev–Trinajstić information content (AvgIpc) is 3.03. The molecule has 0 aromatic heterocycles. The molecule has 0 unspecified atom stereocenters. The molecule has 0 spiro atoms. The molecule has 1 aliphatic rings. The Hall–Kier alpha value is -3.64. The SMILES string of the molecule is CCOc1ccc(N2C(=O)c3ccc(C(=O)NCc4ccccc4Cl)cc3C2=O)cc1. The molecular formula is C24H19ClN2O4. The number of halogens is 1. The van der Waals surface area contributed by atoms with Crippen LogP contribution >= 0.6 is 11.6 Å². The van der Waals surface area contributed by atoms with Gasteiger partial charge in [-0.15, -0.1) is 0 Å². The molecule has 0 bridgehead atoms. The smallest absolute Gasteiger partial charge is 0.266 e. The first-order valence-corrected chi connectivity index (χ1v) is 10.1. The number of nitrogens with zero attached hydrogens (tertiary/aromatic N) is 1. The van der Waals surface area contributed by atoms with Crippen molar-refractivity contribution in [3.05, 3.63) is 94.0 Å². The van der Waals surface area contributed by atoms with Gasteiger partial charge >= 0.3 is 0 Å². The van der Waals surface area contributed by atoms with E-state index in [1.807, 2.05) is 25.1 Å². The quantitative estimate of drug-likeness (QED) is 0.581. The highest BCUT2D eigenvalue weighted by atomic mass is 35.5. The van der Waals surface area contributed by atoms with Gasteiger partial charge in [0.1, 0.15) is 5.75 Å². The first kappa shape index (κ1) is 20.6. The lowest BCUT2D eigenvalue weighted by atomic mass is 10.1. The summed E-state index contributed by atoms with van der Waals surface area (Å²) in [5, 5.41) is 3.35. The third-order valence-corrected chi connectivity index (χ3v) is 5.32. The van der Waals surface area contributed by atoms with Crippen molar-refractivity contribution in [1.82, 2.24) is 5.32 Å². The van der Waals surface area contributed by atoms with Gasteiger partial charge in [0.2, 0.25) is 0 Å². The Morgan fingerprint density at radius 3 is 2.39 bits per heavy atom. The Morgan fingerprint density at radius 2 is 1.68 bits per heavy atom. The number of fused-ring (bicyclic) bond motifs is 1. The fourth-order valence-electron chi connectivity index (χ4n) is 3.39. The Labute approximate surface area is 184 Å². The van der Waals surface area contributed by atoms with Gasteiger partial charge in [-0.3, -0.25) is 14.4 Å². The van der Waals surface area contributed by atoms with Gasteiger partial charge < -0.3 is 10.1 Å². The van der Waals surface area contributed by atoms with Crippen molar-refractivity contribution in [3.8, 4) is 5.75 Å². The summed E-state index contributed by atoms with van der Waals surface area (Å²) >= 11 is 6.12. The summed E-state index contributed by atoms with van der Waals surface area (Å²) in [6.45, 7) is 2.65. The molecule has 7 heteroatoms. The van der Waals surface area contributed by atoms with Crippen molar-refractivity contribution in [2.45, 2.75) is 13.5 Å². The zero-order valence-corrected chi connectivity index (χ0v) is 17.5. The molecule has 3 aromatic carbocycles. The van der Waals surface area contributed by atoms with Gasteiger partial charge in [-0.25, -0.2) is 4.90 Å². The second kappa shape index (κ2) is 8.62. The van der Waals surface area contributed by atoms with Gasteiger partial charge in [-0.1, -0.05) is 29.8 Å². The van der Waals surface area contributed by atoms with Crippen LogP contribution in [-0.4, -0.2) is 24.3 Å². The Bertz CT molecular complexity index is 1170. The maximum absolute atomic E-state index is 12.9. The van der Waals surface area contributed by atoms with E-state index in [2.05, 4.69) is 5.32 Å². The van der Waals surface area contributed by atoms with E-state index in [9.17, 15) is 14.4 Å². The molecule has 4 rings (SSSR count). The number of carbonyl (C=O) groups excluding carboxylic acids is 3. The number of hydrogen-bond acceptors (Lipinski definition) is 4. The van der Waals surface area contributed by atoms with Crippen molar-refractivity contribution in [2.75, 3.05) is 11.5 Å². The number of rotatable bonds is 6. The van der Waals surface area contributed by atoms with Crippen molar-refractivity contribution >= 4 is 35.0 Å². The van der Waals surface area contributed by atoms with Crippen molar-refractivity contribution in [1.29, 1.82) is 0 Å². The summed E-state index contributed by atoms with van der Waals surface area (Å²) in [4.78, 5) is 39.4. The molecule has 3 aromatic rings. The van der Waals surface area contributed by atoms with Crippen LogP contribution in [0.15, 0.2) is 66.7 Å². The van der Waals surface area contributed by atoms with Crippen LogP contribution in [0, 0.1) is 0 Å². The Morgan fingerprint density at radius 1 is 0.968 bits per heavy atom. The van der Waals surface area contributed by atoms with Gasteiger partial charge in [-0.2, -0.15) is 0 Å². The Kier molecular flexibility index (Phi) is 5.73. The second-order valence-corrected chi connectivity index (χ2v) is 7.31. The lowest BCUT2D eigenvalue weighted by molar-refractivity contribution is 0.0923. The second-order valence-electron chi connectivity index (χ2n) is 6.91. The van der Waals surface area contributed by atoms with Crippen LogP contribution in [0.3, 0.4) is 0 Å². The first-order chi connectivity index (χ1) is 15.0. The molecule has 0 saturated carbocycles. The lowest BCUT2D eigenvalue weighted by Gasteiger charge is -2.14. The summed E-state index contributed by atoms with van der Waals surface area (Å²) in [5.74, 6) is -0.597. The highest BCUT2D eigenvalue weighted by molar-refractivity contribution is 6.34. The largest absolute Gasteiger partial charge is 0.494 e. The van der Waals surface area contributed by atoms with Crippen LogP contribution in [0.25, 0.3) is 0 Å². The highest BCUT2D eigenvalue weighted by Gasteiger charge is 2.37. The topological polar surface area (TPSA) is 75.7 Å². The van der Waals surface area contributed by atoms with E-state index in [0.717, 1.165) is 10.5 Å². The minimum absolute atomic E-state index is 0.198. The third kappa shape index (κ3) is 4.02. The predicted octanol–water partition coefficient (Wildman–Crippen LogP) is 4.47. The Balaban J connectivity index is 1.53. The molecule has 0 saturated heterocycles. The summed E-state index contributed by atoms with van der Waals surface area (Å²) in [5.41, 5.74) is 1.98. The van der Waals surface area contributed by atoms with Gasteiger partial charge in [-0.05, 0) is 61.0 Å². The molecule has 3 amide bonds. The summed E-state index contributed by atoms with van der Waals surface area (Å²) in [6, 6.07) is 18.4. The van der Waals surface area contributed by atoms with Gasteiger partial charge in [0.05, 0.1) is 23.4 Å². The summed E-state index contributed by atoms with van der Waals surface area (Å²) in [7, 11) is 0. The van der Waals surface area contributed by atoms with Crippen molar-refractivity contribution in [3.63, 3.8) is 0 Å². The molecule has 0 aliphatic carbocycles. The van der Waals surface area contributed by atoms with E-state index in [4.69, 9.17) is 16.3 Å². The van der Waals surface area contributed by atoms with Crippen molar-refractivity contribution in [2.24, 2.45) is 0 Å².